The van der Waals surface area contributed by atoms with Crippen LogP contribution in [0.5, 0.6) is 0 Å². The molecule has 0 aliphatic carbocycles. The molecule has 0 aromatic rings. The van der Waals surface area contributed by atoms with Crippen molar-refractivity contribution in [3.63, 3.8) is 0 Å². The van der Waals surface area contributed by atoms with Gasteiger partial charge in [0.15, 0.2) is 0 Å². The average molecular weight is 158 g/mol. The molecule has 1 nitrogen and oxygen atoms in total. The Bertz CT molecular complexity index is 71.3. The molecule has 0 rings (SSSR count). The van der Waals surface area contributed by atoms with Gasteiger partial charge in [0.25, 0.3) is 0 Å². The van der Waals surface area contributed by atoms with Gasteiger partial charge in [0.1, 0.15) is 0 Å². The van der Waals surface area contributed by atoms with Crippen LogP contribution in [0, 0.1) is 0 Å². The van der Waals surface area contributed by atoms with Gasteiger partial charge in [0.2, 0.25) is 0 Å². The minimum absolute atomic E-state index is 0.469. The minimum Gasteiger partial charge on any atom is -0.379 e. The predicted octanol–water partition coefficient (Wildman–Crippen LogP) is 3.38. The minimum atomic E-state index is 0.469. The van der Waals surface area contributed by atoms with Crippen LogP contribution in [-0.4, -0.2) is 12.7 Å². The molecule has 0 heterocycles. The Hall–Kier alpha value is -0.0400. The van der Waals surface area contributed by atoms with Crippen LogP contribution in [0.4, 0.5) is 0 Å². The molecule has 0 saturated carbocycles. The lowest BCUT2D eigenvalue weighted by Crippen LogP contribution is -2.07. The molecule has 11 heavy (non-hydrogen) atoms. The summed E-state index contributed by atoms with van der Waals surface area (Å²) in [6.07, 6.45) is 7.09. The maximum absolute atomic E-state index is 5.42. The lowest BCUT2D eigenvalue weighted by Gasteiger charge is -2.10. The number of rotatable bonds is 7. The van der Waals surface area contributed by atoms with Crippen LogP contribution < -0.4 is 0 Å². The van der Waals surface area contributed by atoms with Crippen LogP contribution in [-0.2, 0) is 4.74 Å². The van der Waals surface area contributed by atoms with Crippen molar-refractivity contribution in [1.82, 2.24) is 0 Å². The van der Waals surface area contributed by atoms with Crippen molar-refractivity contribution >= 4 is 0 Å². The van der Waals surface area contributed by atoms with Gasteiger partial charge in [-0.25, -0.2) is 0 Å². The van der Waals surface area contributed by atoms with Gasteiger partial charge in [0.05, 0.1) is 6.10 Å². The first-order chi connectivity index (χ1) is 5.31. The van der Waals surface area contributed by atoms with Gasteiger partial charge in [-0.2, -0.15) is 0 Å². The van der Waals surface area contributed by atoms with Gasteiger partial charge in [-0.1, -0.05) is 32.6 Å². The highest BCUT2D eigenvalue weighted by Gasteiger charge is 1.98. The quantitative estimate of drug-likeness (QED) is 0.516. The van der Waals surface area contributed by atoms with E-state index in [4.69, 9.17) is 4.74 Å². The molecule has 0 spiro atoms. The highest BCUT2D eigenvalue weighted by atomic mass is 16.5. The summed E-state index contributed by atoms with van der Waals surface area (Å²) in [7, 11) is 0. The van der Waals surface area contributed by atoms with Gasteiger partial charge in [-0.3, -0.25) is 0 Å². The molecular formula is C10H22O. The zero-order valence-electron chi connectivity index (χ0n) is 8.23. The van der Waals surface area contributed by atoms with Gasteiger partial charge in [-0.05, 0) is 20.3 Å². The Labute approximate surface area is 71.1 Å². The first-order valence-electron chi connectivity index (χ1n) is 4.92. The molecule has 0 amide bonds. The third-order valence-corrected chi connectivity index (χ3v) is 1.92. The first kappa shape index (κ1) is 11.0. The van der Waals surface area contributed by atoms with Gasteiger partial charge < -0.3 is 4.74 Å². The fraction of sp³-hybridized carbons (Fsp3) is 1.00. The first-order valence-corrected chi connectivity index (χ1v) is 4.92. The van der Waals surface area contributed by atoms with Gasteiger partial charge in [0, 0.05) is 6.61 Å². The Balaban J connectivity index is 2.97. The Kier molecular flexibility index (Phi) is 8.03. The molecule has 68 valence electrons. The highest BCUT2D eigenvalue weighted by molar-refractivity contribution is 4.50. The second-order valence-corrected chi connectivity index (χ2v) is 3.12. The summed E-state index contributed by atoms with van der Waals surface area (Å²) in [5.74, 6) is 0. The van der Waals surface area contributed by atoms with Crippen LogP contribution >= 0.6 is 0 Å². The molecule has 1 atom stereocenters. The van der Waals surface area contributed by atoms with E-state index in [0.29, 0.717) is 6.10 Å². The van der Waals surface area contributed by atoms with E-state index in [1.54, 1.807) is 0 Å². The second-order valence-electron chi connectivity index (χ2n) is 3.12. The van der Waals surface area contributed by atoms with E-state index in [0.717, 1.165) is 6.61 Å². The normalized spacial score (nSPS) is 13.4. The largest absolute Gasteiger partial charge is 0.379 e. The van der Waals surface area contributed by atoms with Crippen LogP contribution in [0.1, 0.15) is 52.9 Å². The van der Waals surface area contributed by atoms with E-state index in [-0.39, 0.29) is 0 Å². The van der Waals surface area contributed by atoms with E-state index < -0.39 is 0 Å². The third kappa shape index (κ3) is 7.86. The number of hydrogen-bond acceptors (Lipinski definition) is 1. The number of unbranched alkanes of at least 4 members (excludes halogenated alkanes) is 3. The SMILES string of the molecule is CCCCCCC(C)OCC. The lowest BCUT2D eigenvalue weighted by atomic mass is 10.1. The molecule has 0 aromatic heterocycles. The summed E-state index contributed by atoms with van der Waals surface area (Å²) in [6, 6.07) is 0. The molecule has 0 N–H and O–H groups in total. The summed E-state index contributed by atoms with van der Waals surface area (Å²) in [6.45, 7) is 7.32. The van der Waals surface area contributed by atoms with Crippen molar-refractivity contribution < 1.29 is 4.74 Å². The molecule has 0 radical (unpaired) electrons. The zero-order chi connectivity index (χ0) is 8.53. The van der Waals surface area contributed by atoms with Crippen molar-refractivity contribution in [3.8, 4) is 0 Å². The molecule has 0 saturated heterocycles. The zero-order valence-corrected chi connectivity index (χ0v) is 8.23. The molecule has 0 fully saturated rings. The second kappa shape index (κ2) is 8.06. The molecular weight excluding hydrogens is 136 g/mol. The van der Waals surface area contributed by atoms with E-state index >= 15 is 0 Å². The smallest absolute Gasteiger partial charge is 0.0546 e. The molecule has 0 bridgehead atoms. The maximum Gasteiger partial charge on any atom is 0.0546 e. The van der Waals surface area contributed by atoms with Gasteiger partial charge >= 0.3 is 0 Å². The van der Waals surface area contributed by atoms with E-state index in [9.17, 15) is 0 Å². The summed E-state index contributed by atoms with van der Waals surface area (Å²) in [5.41, 5.74) is 0. The molecule has 0 aliphatic heterocycles. The summed E-state index contributed by atoms with van der Waals surface area (Å²) >= 11 is 0. The summed E-state index contributed by atoms with van der Waals surface area (Å²) in [4.78, 5) is 0. The summed E-state index contributed by atoms with van der Waals surface area (Å²) in [5, 5.41) is 0. The monoisotopic (exact) mass is 158 g/mol. The Morgan fingerprint density at radius 3 is 2.36 bits per heavy atom. The predicted molar refractivity (Wildman–Crippen MR) is 49.8 cm³/mol. The Morgan fingerprint density at radius 1 is 1.09 bits per heavy atom. The number of ether oxygens (including phenoxy) is 1. The molecule has 1 heteroatoms. The van der Waals surface area contributed by atoms with Crippen molar-refractivity contribution in [1.29, 1.82) is 0 Å². The third-order valence-electron chi connectivity index (χ3n) is 1.92. The fourth-order valence-electron chi connectivity index (χ4n) is 1.23. The topological polar surface area (TPSA) is 9.23 Å². The van der Waals surface area contributed by atoms with Crippen LogP contribution in [0.3, 0.4) is 0 Å². The van der Waals surface area contributed by atoms with Crippen molar-refractivity contribution in [3.05, 3.63) is 0 Å². The van der Waals surface area contributed by atoms with Crippen LogP contribution in [0.15, 0.2) is 0 Å². The molecule has 0 aliphatic rings. The van der Waals surface area contributed by atoms with Gasteiger partial charge in [-0.15, -0.1) is 0 Å². The van der Waals surface area contributed by atoms with E-state index in [1.807, 2.05) is 0 Å². The van der Waals surface area contributed by atoms with Crippen molar-refractivity contribution in [2.45, 2.75) is 59.0 Å². The van der Waals surface area contributed by atoms with E-state index in [2.05, 4.69) is 20.8 Å². The van der Waals surface area contributed by atoms with Crippen LogP contribution in [0.2, 0.25) is 0 Å². The Morgan fingerprint density at radius 2 is 1.82 bits per heavy atom. The maximum atomic E-state index is 5.42. The molecule has 0 aromatic carbocycles. The van der Waals surface area contributed by atoms with Crippen molar-refractivity contribution in [2.75, 3.05) is 6.61 Å². The number of hydrogen-bond donors (Lipinski definition) is 0. The van der Waals surface area contributed by atoms with Crippen LogP contribution in [0.25, 0.3) is 0 Å². The summed E-state index contributed by atoms with van der Waals surface area (Å²) < 4.78 is 5.42. The highest BCUT2D eigenvalue weighted by Crippen LogP contribution is 2.07. The molecule has 1 unspecified atom stereocenters. The lowest BCUT2D eigenvalue weighted by molar-refractivity contribution is 0.0684. The fourth-order valence-corrected chi connectivity index (χ4v) is 1.23. The standard InChI is InChI=1S/C10H22O/c1-4-6-7-8-9-10(3)11-5-2/h10H,4-9H2,1-3H3. The van der Waals surface area contributed by atoms with E-state index in [1.165, 1.54) is 32.1 Å². The van der Waals surface area contributed by atoms with Crippen molar-refractivity contribution in [2.24, 2.45) is 0 Å². The average Bonchev–Trinajstić information content (AvgIpc) is 1.99.